The smallest absolute Gasteiger partial charge is 0.410 e. The second kappa shape index (κ2) is 10.5. The number of guanidine groups is 1. The minimum absolute atomic E-state index is 0. The Bertz CT molecular complexity index is 600. The minimum Gasteiger partial charge on any atom is -0.444 e. The summed E-state index contributed by atoms with van der Waals surface area (Å²) in [6.45, 7) is 15.0. The summed E-state index contributed by atoms with van der Waals surface area (Å²) < 4.78 is 10.7. The number of fused-ring (bicyclic) bond motifs is 1. The molecule has 0 radical (unpaired) electrons. The van der Waals surface area contributed by atoms with E-state index in [1.165, 1.54) is 0 Å². The van der Waals surface area contributed by atoms with Crippen molar-refractivity contribution in [2.24, 2.45) is 4.99 Å². The van der Waals surface area contributed by atoms with Gasteiger partial charge in [0.05, 0.1) is 12.6 Å². The van der Waals surface area contributed by atoms with Crippen LogP contribution in [0.4, 0.5) is 9.59 Å². The fourth-order valence-corrected chi connectivity index (χ4v) is 3.02. The van der Waals surface area contributed by atoms with Crippen LogP contribution < -0.4 is 10.6 Å². The third-order valence-electron chi connectivity index (χ3n) is 4.16. The molecule has 1 atom stereocenters. The molecule has 0 saturated carbocycles. The van der Waals surface area contributed by atoms with Crippen molar-refractivity contribution in [3.8, 4) is 0 Å². The zero-order valence-corrected chi connectivity index (χ0v) is 20.7. The quantitative estimate of drug-likeness (QED) is 0.433. The highest BCUT2D eigenvalue weighted by Gasteiger charge is 2.36. The molecule has 0 aromatic heterocycles. The number of nitrogens with zero attached hydrogens (tertiary/aromatic N) is 3. The van der Waals surface area contributed by atoms with Crippen molar-refractivity contribution in [1.29, 1.82) is 0 Å². The Kier molecular flexibility index (Phi) is 9.29. The SMILES string of the molecule is CC(C)(C)OC(=O)NCCCNC1=NCC2CN(C(=O)OC(C)(C)C)CCN12.I. The van der Waals surface area contributed by atoms with Crippen molar-refractivity contribution in [2.45, 2.75) is 65.2 Å². The number of carbonyl (C=O) groups excluding carboxylic acids is 2. The number of hydrogen-bond acceptors (Lipinski definition) is 7. The molecule has 1 saturated heterocycles. The summed E-state index contributed by atoms with van der Waals surface area (Å²) >= 11 is 0. The second-order valence-electron chi connectivity index (χ2n) is 9.15. The topological polar surface area (TPSA) is 95.5 Å². The molecule has 0 aliphatic carbocycles. The number of amides is 2. The second-order valence-corrected chi connectivity index (χ2v) is 9.15. The van der Waals surface area contributed by atoms with Crippen molar-refractivity contribution in [3.05, 3.63) is 0 Å². The molecule has 2 rings (SSSR count). The largest absolute Gasteiger partial charge is 0.444 e. The molecule has 2 aliphatic rings. The molecule has 2 N–H and O–H groups in total. The first-order chi connectivity index (χ1) is 12.9. The lowest BCUT2D eigenvalue weighted by molar-refractivity contribution is 0.0137. The fraction of sp³-hybridized carbons (Fsp3) is 0.842. The molecule has 29 heavy (non-hydrogen) atoms. The summed E-state index contributed by atoms with van der Waals surface area (Å²) in [7, 11) is 0. The molecule has 0 bridgehead atoms. The lowest BCUT2D eigenvalue weighted by atomic mass is 10.2. The number of piperazine rings is 1. The van der Waals surface area contributed by atoms with Gasteiger partial charge in [-0.05, 0) is 48.0 Å². The zero-order chi connectivity index (χ0) is 20.9. The van der Waals surface area contributed by atoms with E-state index in [0.717, 1.165) is 18.9 Å². The molecular weight excluding hydrogens is 489 g/mol. The summed E-state index contributed by atoms with van der Waals surface area (Å²) in [6.07, 6.45) is 0.103. The van der Waals surface area contributed by atoms with Gasteiger partial charge in [-0.3, -0.25) is 4.99 Å². The van der Waals surface area contributed by atoms with Crippen LogP contribution in [0.1, 0.15) is 48.0 Å². The van der Waals surface area contributed by atoms with E-state index in [1.807, 2.05) is 41.5 Å². The molecule has 1 fully saturated rings. The van der Waals surface area contributed by atoms with Crippen LogP contribution in [0.25, 0.3) is 0 Å². The van der Waals surface area contributed by atoms with Crippen molar-refractivity contribution >= 4 is 42.1 Å². The number of hydrogen-bond donors (Lipinski definition) is 2. The lowest BCUT2D eigenvalue weighted by Crippen LogP contribution is -2.57. The van der Waals surface area contributed by atoms with Gasteiger partial charge in [-0.2, -0.15) is 0 Å². The molecule has 1 unspecified atom stereocenters. The third kappa shape index (κ3) is 8.83. The maximum atomic E-state index is 12.3. The highest BCUT2D eigenvalue weighted by molar-refractivity contribution is 14.0. The first kappa shape index (κ1) is 25.6. The molecule has 2 amide bonds. The van der Waals surface area contributed by atoms with Gasteiger partial charge in [0, 0.05) is 32.7 Å². The Balaban J connectivity index is 0.00000420. The van der Waals surface area contributed by atoms with Gasteiger partial charge < -0.3 is 29.9 Å². The average Bonchev–Trinajstić information content (AvgIpc) is 2.93. The Labute approximate surface area is 191 Å². The van der Waals surface area contributed by atoms with Gasteiger partial charge in [-0.25, -0.2) is 9.59 Å². The summed E-state index contributed by atoms with van der Waals surface area (Å²) in [5, 5.41) is 6.08. The number of aliphatic imine (C=N–C) groups is 1. The molecule has 2 aliphatic heterocycles. The molecule has 168 valence electrons. The average molecular weight is 525 g/mol. The standard InChI is InChI=1S/C19H35N5O4.HI/c1-18(2,3)27-16(25)21-9-7-8-20-15-22-12-14-13-23(10-11-24(14)15)17(26)28-19(4,5)6;/h14H,7-13H2,1-6H3,(H,20,22)(H,21,25);1H. The van der Waals surface area contributed by atoms with E-state index in [1.54, 1.807) is 4.90 Å². The van der Waals surface area contributed by atoms with E-state index in [0.29, 0.717) is 32.7 Å². The molecule has 0 aromatic rings. The van der Waals surface area contributed by atoms with Crippen molar-refractivity contribution in [3.63, 3.8) is 0 Å². The number of alkyl carbamates (subject to hydrolysis) is 1. The molecule has 9 nitrogen and oxygen atoms in total. The molecule has 0 aromatic carbocycles. The number of halogens is 1. The summed E-state index contributed by atoms with van der Waals surface area (Å²) in [6, 6.07) is 0.184. The van der Waals surface area contributed by atoms with E-state index in [2.05, 4.69) is 20.5 Å². The van der Waals surface area contributed by atoms with Crippen LogP contribution in [0, 0.1) is 0 Å². The predicted molar refractivity (Wildman–Crippen MR) is 123 cm³/mol. The summed E-state index contributed by atoms with van der Waals surface area (Å²) in [5.74, 6) is 0.867. The summed E-state index contributed by atoms with van der Waals surface area (Å²) in [5.41, 5.74) is -0.974. The third-order valence-corrected chi connectivity index (χ3v) is 4.16. The summed E-state index contributed by atoms with van der Waals surface area (Å²) in [4.78, 5) is 32.4. The van der Waals surface area contributed by atoms with Gasteiger partial charge in [0.1, 0.15) is 11.2 Å². The first-order valence-corrected chi connectivity index (χ1v) is 9.94. The maximum absolute atomic E-state index is 12.3. The van der Waals surface area contributed by atoms with Crippen LogP contribution in [-0.4, -0.2) is 84.5 Å². The van der Waals surface area contributed by atoms with E-state index < -0.39 is 17.3 Å². The molecule has 2 heterocycles. The fourth-order valence-electron chi connectivity index (χ4n) is 3.02. The first-order valence-electron chi connectivity index (χ1n) is 9.94. The molecular formula is C19H36IN5O4. The van der Waals surface area contributed by atoms with Crippen LogP contribution in [0.15, 0.2) is 4.99 Å². The van der Waals surface area contributed by atoms with Crippen LogP contribution in [0.2, 0.25) is 0 Å². The Morgan fingerprint density at radius 3 is 2.34 bits per heavy atom. The van der Waals surface area contributed by atoms with E-state index in [4.69, 9.17) is 9.47 Å². The zero-order valence-electron chi connectivity index (χ0n) is 18.4. The van der Waals surface area contributed by atoms with Gasteiger partial charge in [0.2, 0.25) is 0 Å². The minimum atomic E-state index is -0.489. The van der Waals surface area contributed by atoms with Crippen LogP contribution >= 0.6 is 24.0 Å². The lowest BCUT2D eigenvalue weighted by Gasteiger charge is -2.39. The normalized spacial score (nSPS) is 19.0. The van der Waals surface area contributed by atoms with Gasteiger partial charge >= 0.3 is 12.2 Å². The van der Waals surface area contributed by atoms with E-state index >= 15 is 0 Å². The van der Waals surface area contributed by atoms with Gasteiger partial charge in [-0.15, -0.1) is 24.0 Å². The van der Waals surface area contributed by atoms with Crippen molar-refractivity contribution < 1.29 is 19.1 Å². The van der Waals surface area contributed by atoms with E-state index in [-0.39, 0.29) is 36.1 Å². The number of carbonyl (C=O) groups is 2. The van der Waals surface area contributed by atoms with Gasteiger partial charge in [0.25, 0.3) is 0 Å². The monoisotopic (exact) mass is 525 g/mol. The van der Waals surface area contributed by atoms with Crippen LogP contribution in [-0.2, 0) is 9.47 Å². The number of ether oxygens (including phenoxy) is 2. The Hall–Kier alpha value is -1.46. The predicted octanol–water partition coefficient (Wildman–Crippen LogP) is 2.40. The van der Waals surface area contributed by atoms with Crippen LogP contribution in [0.3, 0.4) is 0 Å². The van der Waals surface area contributed by atoms with E-state index in [9.17, 15) is 9.59 Å². The number of nitrogens with one attached hydrogen (secondary N) is 2. The van der Waals surface area contributed by atoms with Crippen molar-refractivity contribution in [1.82, 2.24) is 20.4 Å². The molecule has 0 spiro atoms. The number of rotatable bonds is 4. The van der Waals surface area contributed by atoms with Crippen LogP contribution in [0.5, 0.6) is 0 Å². The molecule has 10 heteroatoms. The van der Waals surface area contributed by atoms with Crippen molar-refractivity contribution in [2.75, 3.05) is 39.3 Å². The Morgan fingerprint density at radius 1 is 1.07 bits per heavy atom. The van der Waals surface area contributed by atoms with Gasteiger partial charge in [-0.1, -0.05) is 0 Å². The maximum Gasteiger partial charge on any atom is 0.410 e. The Morgan fingerprint density at radius 2 is 1.72 bits per heavy atom. The highest BCUT2D eigenvalue weighted by atomic mass is 127. The highest BCUT2D eigenvalue weighted by Crippen LogP contribution is 2.18. The van der Waals surface area contributed by atoms with Gasteiger partial charge in [0.15, 0.2) is 5.96 Å².